The van der Waals surface area contributed by atoms with Crippen molar-refractivity contribution in [2.24, 2.45) is 0 Å². The molecule has 0 saturated heterocycles. The summed E-state index contributed by atoms with van der Waals surface area (Å²) in [6.07, 6.45) is 5.88. The molecular formula is C12H11N3O. The Bertz CT molecular complexity index is 610. The molecule has 0 spiro atoms. The largest absolute Gasteiger partial charge is 0.443 e. The van der Waals surface area contributed by atoms with Crippen molar-refractivity contribution < 1.29 is 4.42 Å². The molecular weight excluding hydrogens is 202 g/mol. The van der Waals surface area contributed by atoms with Gasteiger partial charge in [-0.1, -0.05) is 19.1 Å². The van der Waals surface area contributed by atoms with Crippen LogP contribution >= 0.6 is 0 Å². The van der Waals surface area contributed by atoms with Crippen LogP contribution in [0.1, 0.15) is 12.5 Å². The Morgan fingerprint density at radius 1 is 1.38 bits per heavy atom. The second-order valence-electron chi connectivity index (χ2n) is 3.62. The van der Waals surface area contributed by atoms with Crippen molar-refractivity contribution in [3.05, 3.63) is 36.6 Å². The van der Waals surface area contributed by atoms with E-state index >= 15 is 0 Å². The van der Waals surface area contributed by atoms with Crippen molar-refractivity contribution in [2.45, 2.75) is 13.3 Å². The van der Waals surface area contributed by atoms with Gasteiger partial charge in [0.2, 0.25) is 0 Å². The highest BCUT2D eigenvalue weighted by Crippen LogP contribution is 2.28. The van der Waals surface area contributed by atoms with Crippen molar-refractivity contribution in [2.75, 3.05) is 0 Å². The number of H-pyrrole nitrogens is 1. The molecule has 3 aromatic rings. The average Bonchev–Trinajstić information content (AvgIpc) is 2.98. The molecule has 4 nitrogen and oxygen atoms in total. The second kappa shape index (κ2) is 3.48. The van der Waals surface area contributed by atoms with Crippen LogP contribution in [0.5, 0.6) is 0 Å². The molecule has 0 aliphatic rings. The van der Waals surface area contributed by atoms with Gasteiger partial charge >= 0.3 is 0 Å². The molecule has 2 heterocycles. The van der Waals surface area contributed by atoms with E-state index < -0.39 is 0 Å². The molecule has 0 aliphatic heterocycles. The molecule has 0 bridgehead atoms. The molecule has 4 heteroatoms. The van der Waals surface area contributed by atoms with Crippen LogP contribution < -0.4 is 0 Å². The Morgan fingerprint density at radius 2 is 2.31 bits per heavy atom. The zero-order chi connectivity index (χ0) is 11.0. The standard InChI is InChI=1S/C12H11N3O/c1-2-8-3-4-9(10-5-13-6-14-10)11-12(8)16-7-15-11/h3-7H,2H2,1H3,(H,13,14). The maximum absolute atomic E-state index is 5.43. The summed E-state index contributed by atoms with van der Waals surface area (Å²) in [4.78, 5) is 11.4. The van der Waals surface area contributed by atoms with Crippen molar-refractivity contribution in [1.82, 2.24) is 15.0 Å². The average molecular weight is 213 g/mol. The number of rotatable bonds is 2. The Balaban J connectivity index is 2.31. The molecule has 1 N–H and O–H groups in total. The predicted molar refractivity (Wildman–Crippen MR) is 61.0 cm³/mol. The molecule has 3 rings (SSSR count). The number of aromatic amines is 1. The highest BCUT2D eigenvalue weighted by Gasteiger charge is 2.11. The van der Waals surface area contributed by atoms with Crippen LogP contribution in [0, 0.1) is 0 Å². The third-order valence-corrected chi connectivity index (χ3v) is 2.73. The molecule has 0 fully saturated rings. The van der Waals surface area contributed by atoms with Crippen molar-refractivity contribution in [1.29, 1.82) is 0 Å². The topological polar surface area (TPSA) is 54.7 Å². The zero-order valence-electron chi connectivity index (χ0n) is 8.90. The Hall–Kier alpha value is -2.10. The van der Waals surface area contributed by atoms with Crippen LogP contribution in [0.3, 0.4) is 0 Å². The molecule has 0 saturated carbocycles. The van der Waals surface area contributed by atoms with Gasteiger partial charge in [-0.15, -0.1) is 0 Å². The summed E-state index contributed by atoms with van der Waals surface area (Å²) in [5.41, 5.74) is 4.92. The molecule has 0 aliphatic carbocycles. The fourth-order valence-electron chi connectivity index (χ4n) is 1.90. The molecule has 2 aromatic heterocycles. The van der Waals surface area contributed by atoms with Gasteiger partial charge in [0.25, 0.3) is 0 Å². The van der Waals surface area contributed by atoms with Crippen LogP contribution in [-0.2, 0) is 6.42 Å². The van der Waals surface area contributed by atoms with Crippen molar-refractivity contribution >= 4 is 11.1 Å². The molecule has 80 valence electrons. The van der Waals surface area contributed by atoms with E-state index in [9.17, 15) is 0 Å². The first-order valence-corrected chi connectivity index (χ1v) is 5.24. The third kappa shape index (κ3) is 1.23. The normalized spacial score (nSPS) is 11.1. The maximum atomic E-state index is 5.43. The van der Waals surface area contributed by atoms with E-state index in [1.54, 1.807) is 12.5 Å². The van der Waals surface area contributed by atoms with E-state index in [1.165, 1.54) is 12.0 Å². The minimum absolute atomic E-state index is 0.870. The summed E-state index contributed by atoms with van der Waals surface area (Å²) in [6, 6.07) is 4.13. The molecule has 16 heavy (non-hydrogen) atoms. The van der Waals surface area contributed by atoms with Crippen LogP contribution in [0.25, 0.3) is 22.4 Å². The first-order chi connectivity index (χ1) is 7.90. The van der Waals surface area contributed by atoms with Crippen LogP contribution in [0.2, 0.25) is 0 Å². The van der Waals surface area contributed by atoms with Gasteiger partial charge in [0.05, 0.1) is 18.2 Å². The number of benzene rings is 1. The number of hydrogen-bond donors (Lipinski definition) is 1. The SMILES string of the molecule is CCc1ccc(-c2cnc[nH]2)c2ncoc12. The van der Waals surface area contributed by atoms with Gasteiger partial charge in [0, 0.05) is 5.56 Å². The number of imidazole rings is 1. The van der Waals surface area contributed by atoms with Crippen LogP contribution in [0.4, 0.5) is 0 Å². The van der Waals surface area contributed by atoms with E-state index in [2.05, 4.69) is 34.0 Å². The first-order valence-electron chi connectivity index (χ1n) is 5.24. The summed E-state index contributed by atoms with van der Waals surface area (Å²) < 4.78 is 5.43. The summed E-state index contributed by atoms with van der Waals surface area (Å²) in [5, 5.41) is 0. The van der Waals surface area contributed by atoms with Crippen molar-refractivity contribution in [3.63, 3.8) is 0 Å². The second-order valence-corrected chi connectivity index (χ2v) is 3.62. The van der Waals surface area contributed by atoms with Gasteiger partial charge in [0.1, 0.15) is 5.52 Å². The first kappa shape index (κ1) is 9.15. The third-order valence-electron chi connectivity index (χ3n) is 2.73. The van der Waals surface area contributed by atoms with E-state index in [0.717, 1.165) is 28.8 Å². The Kier molecular flexibility index (Phi) is 1.99. The zero-order valence-corrected chi connectivity index (χ0v) is 8.90. The van der Waals surface area contributed by atoms with E-state index in [-0.39, 0.29) is 0 Å². The smallest absolute Gasteiger partial charge is 0.182 e. The van der Waals surface area contributed by atoms with Gasteiger partial charge < -0.3 is 9.40 Å². The number of oxazole rings is 1. The van der Waals surface area contributed by atoms with Gasteiger partial charge in [0.15, 0.2) is 12.0 Å². The van der Waals surface area contributed by atoms with Gasteiger partial charge in [-0.2, -0.15) is 0 Å². The Labute approximate surface area is 92.3 Å². The quantitative estimate of drug-likeness (QED) is 0.712. The number of nitrogens with zero attached hydrogens (tertiary/aromatic N) is 2. The molecule has 0 unspecified atom stereocenters. The molecule has 1 aromatic carbocycles. The number of aromatic nitrogens is 3. The van der Waals surface area contributed by atoms with Gasteiger partial charge in [-0.25, -0.2) is 9.97 Å². The van der Waals surface area contributed by atoms with E-state index in [1.807, 2.05) is 0 Å². The lowest BCUT2D eigenvalue weighted by Crippen LogP contribution is -1.85. The predicted octanol–water partition coefficient (Wildman–Crippen LogP) is 2.78. The molecule has 0 amide bonds. The van der Waals surface area contributed by atoms with Crippen LogP contribution in [-0.4, -0.2) is 15.0 Å². The molecule has 0 atom stereocenters. The number of fused-ring (bicyclic) bond motifs is 1. The highest BCUT2D eigenvalue weighted by molar-refractivity contribution is 5.91. The van der Waals surface area contributed by atoms with E-state index in [4.69, 9.17) is 4.42 Å². The number of hydrogen-bond acceptors (Lipinski definition) is 3. The number of nitrogens with one attached hydrogen (secondary N) is 1. The van der Waals surface area contributed by atoms with Gasteiger partial charge in [-0.05, 0) is 12.0 Å². The lowest BCUT2D eigenvalue weighted by Gasteiger charge is -2.01. The monoisotopic (exact) mass is 213 g/mol. The minimum Gasteiger partial charge on any atom is -0.443 e. The fourth-order valence-corrected chi connectivity index (χ4v) is 1.90. The molecule has 0 radical (unpaired) electrons. The minimum atomic E-state index is 0.870. The summed E-state index contributed by atoms with van der Waals surface area (Å²) >= 11 is 0. The fraction of sp³-hybridized carbons (Fsp3) is 0.167. The number of aryl methyl sites for hydroxylation is 1. The lowest BCUT2D eigenvalue weighted by atomic mass is 10.1. The summed E-state index contributed by atoms with van der Waals surface area (Å²) in [6.45, 7) is 2.10. The van der Waals surface area contributed by atoms with Crippen LogP contribution in [0.15, 0.2) is 35.5 Å². The van der Waals surface area contributed by atoms with E-state index in [0.29, 0.717) is 0 Å². The summed E-state index contributed by atoms with van der Waals surface area (Å²) in [5.74, 6) is 0. The maximum Gasteiger partial charge on any atom is 0.182 e. The highest BCUT2D eigenvalue weighted by atomic mass is 16.3. The van der Waals surface area contributed by atoms with Crippen molar-refractivity contribution in [3.8, 4) is 11.3 Å². The summed E-state index contributed by atoms with van der Waals surface area (Å²) in [7, 11) is 0. The van der Waals surface area contributed by atoms with Gasteiger partial charge in [-0.3, -0.25) is 0 Å². The lowest BCUT2D eigenvalue weighted by molar-refractivity contribution is 0.598. The Morgan fingerprint density at radius 3 is 3.06 bits per heavy atom.